The first-order valence-electron chi connectivity index (χ1n) is 10.9. The lowest BCUT2D eigenvalue weighted by Gasteiger charge is -2.17. The molecular formula is C23H27ClN6O3SSi. The molecular weight excluding hydrogens is 504 g/mol. The van der Waals surface area contributed by atoms with Crippen molar-refractivity contribution in [3.63, 3.8) is 0 Å². The standard InChI is InChI=1S/C23H27ClN6O3SSi/c1-32-18-6-5-14(24)9-15(18)21-17(11-27-30(21)13-33-7-8-35(2,3)4)28-22(31)16-10-26-12-19-20(16)29-23(25)34-19/h5-6,9-12H,7-8,13H2,1-4H3,(H2,25,29)(H,28,31). The van der Waals surface area contributed by atoms with Gasteiger partial charge in [0.15, 0.2) is 5.13 Å². The summed E-state index contributed by atoms with van der Waals surface area (Å²) < 4.78 is 13.9. The van der Waals surface area contributed by atoms with Gasteiger partial charge < -0.3 is 20.5 Å². The molecule has 0 bridgehead atoms. The fourth-order valence-corrected chi connectivity index (χ4v) is 5.14. The number of rotatable bonds is 9. The smallest absolute Gasteiger partial charge is 0.259 e. The Bertz CT molecular complexity index is 1370. The van der Waals surface area contributed by atoms with E-state index in [1.54, 1.807) is 42.4 Å². The van der Waals surface area contributed by atoms with Crippen LogP contribution in [0, 0.1) is 0 Å². The average molecular weight is 531 g/mol. The normalized spacial score (nSPS) is 11.7. The minimum absolute atomic E-state index is 0.213. The largest absolute Gasteiger partial charge is 0.496 e. The molecule has 0 aliphatic rings. The van der Waals surface area contributed by atoms with E-state index < -0.39 is 8.07 Å². The van der Waals surface area contributed by atoms with E-state index in [2.05, 4.69) is 40.0 Å². The number of amides is 1. The number of carbonyl (C=O) groups is 1. The van der Waals surface area contributed by atoms with Crippen LogP contribution in [0.1, 0.15) is 10.4 Å². The maximum atomic E-state index is 13.3. The fraction of sp³-hybridized carbons (Fsp3) is 0.304. The number of nitrogen functional groups attached to an aromatic ring is 1. The minimum atomic E-state index is -1.24. The van der Waals surface area contributed by atoms with Crippen LogP contribution in [0.2, 0.25) is 30.7 Å². The third kappa shape index (κ3) is 5.81. The van der Waals surface area contributed by atoms with Gasteiger partial charge in [-0.2, -0.15) is 5.10 Å². The minimum Gasteiger partial charge on any atom is -0.496 e. The number of hydrogen-bond acceptors (Lipinski definition) is 8. The van der Waals surface area contributed by atoms with Gasteiger partial charge in [0.05, 0.1) is 40.5 Å². The van der Waals surface area contributed by atoms with Crippen LogP contribution >= 0.6 is 22.9 Å². The van der Waals surface area contributed by atoms with Crippen molar-refractivity contribution in [3.8, 4) is 17.0 Å². The number of fused-ring (bicyclic) bond motifs is 1. The van der Waals surface area contributed by atoms with Crippen molar-refractivity contribution in [1.82, 2.24) is 19.7 Å². The number of nitrogens with zero attached hydrogens (tertiary/aromatic N) is 4. The van der Waals surface area contributed by atoms with Crippen LogP contribution in [-0.2, 0) is 11.5 Å². The number of carbonyl (C=O) groups excluding carboxylic acids is 1. The molecule has 4 aromatic rings. The molecule has 1 amide bonds. The van der Waals surface area contributed by atoms with Crippen molar-refractivity contribution in [2.45, 2.75) is 32.4 Å². The van der Waals surface area contributed by atoms with Crippen molar-refractivity contribution >= 4 is 58.0 Å². The van der Waals surface area contributed by atoms with Crippen molar-refractivity contribution in [2.75, 3.05) is 24.8 Å². The van der Waals surface area contributed by atoms with E-state index in [0.717, 1.165) is 10.7 Å². The molecule has 0 spiro atoms. The lowest BCUT2D eigenvalue weighted by molar-refractivity contribution is 0.0797. The molecule has 0 unspecified atom stereocenters. The molecule has 0 saturated heterocycles. The monoisotopic (exact) mass is 530 g/mol. The Morgan fingerprint density at radius 1 is 1.26 bits per heavy atom. The van der Waals surface area contributed by atoms with Crippen LogP contribution in [0.3, 0.4) is 0 Å². The summed E-state index contributed by atoms with van der Waals surface area (Å²) in [4.78, 5) is 21.7. The summed E-state index contributed by atoms with van der Waals surface area (Å²) in [6.45, 7) is 7.73. The topological polar surface area (TPSA) is 117 Å². The Labute approximate surface area is 213 Å². The van der Waals surface area contributed by atoms with Crippen molar-refractivity contribution in [3.05, 3.63) is 47.4 Å². The maximum Gasteiger partial charge on any atom is 0.259 e. The summed E-state index contributed by atoms with van der Waals surface area (Å²) in [5.74, 6) is 0.208. The molecule has 0 saturated carbocycles. The molecule has 35 heavy (non-hydrogen) atoms. The molecule has 0 fully saturated rings. The molecule has 1 aromatic carbocycles. The number of hydrogen-bond donors (Lipinski definition) is 2. The molecule has 3 heterocycles. The summed E-state index contributed by atoms with van der Waals surface area (Å²) in [6.07, 6.45) is 4.69. The number of benzene rings is 1. The van der Waals surface area contributed by atoms with Crippen molar-refractivity contribution in [2.24, 2.45) is 0 Å². The van der Waals surface area contributed by atoms with Crippen LogP contribution < -0.4 is 15.8 Å². The quantitative estimate of drug-likeness (QED) is 0.221. The lowest BCUT2D eigenvalue weighted by atomic mass is 10.1. The third-order valence-corrected chi connectivity index (χ3v) is 8.04. The van der Waals surface area contributed by atoms with Gasteiger partial charge in [-0.25, -0.2) is 9.67 Å². The van der Waals surface area contributed by atoms with E-state index in [1.165, 1.54) is 17.5 Å². The molecule has 3 N–H and O–H groups in total. The second-order valence-electron chi connectivity index (χ2n) is 9.14. The highest BCUT2D eigenvalue weighted by Crippen LogP contribution is 2.37. The Balaban J connectivity index is 1.69. The zero-order valence-electron chi connectivity index (χ0n) is 20.0. The fourth-order valence-electron chi connectivity index (χ4n) is 3.48. The molecule has 12 heteroatoms. The zero-order chi connectivity index (χ0) is 25.2. The highest BCUT2D eigenvalue weighted by Gasteiger charge is 2.22. The van der Waals surface area contributed by atoms with Crippen molar-refractivity contribution < 1.29 is 14.3 Å². The van der Waals surface area contributed by atoms with Crippen LogP contribution in [0.4, 0.5) is 10.8 Å². The Morgan fingerprint density at radius 2 is 2.06 bits per heavy atom. The number of methoxy groups -OCH3 is 1. The van der Waals surface area contributed by atoms with Gasteiger partial charge in [-0.3, -0.25) is 9.78 Å². The zero-order valence-corrected chi connectivity index (χ0v) is 22.5. The lowest BCUT2D eigenvalue weighted by Crippen LogP contribution is -2.22. The highest BCUT2D eigenvalue weighted by atomic mass is 35.5. The number of nitrogens with one attached hydrogen (secondary N) is 1. The number of ether oxygens (including phenoxy) is 2. The van der Waals surface area contributed by atoms with E-state index in [0.29, 0.717) is 50.5 Å². The first kappa shape index (κ1) is 25.1. The summed E-state index contributed by atoms with van der Waals surface area (Å²) in [5, 5.41) is 8.33. The number of pyridine rings is 1. The van der Waals surface area contributed by atoms with Crippen LogP contribution in [0.25, 0.3) is 21.5 Å². The van der Waals surface area contributed by atoms with Gasteiger partial charge in [0.2, 0.25) is 0 Å². The first-order valence-corrected chi connectivity index (χ1v) is 15.9. The van der Waals surface area contributed by atoms with E-state index in [9.17, 15) is 4.79 Å². The molecule has 0 aliphatic heterocycles. The number of halogens is 1. The second-order valence-corrected chi connectivity index (χ2v) is 16.3. The number of anilines is 2. The van der Waals surface area contributed by atoms with E-state index in [1.807, 2.05) is 0 Å². The molecule has 0 aliphatic carbocycles. The van der Waals surface area contributed by atoms with Gasteiger partial charge in [0.25, 0.3) is 5.91 Å². The van der Waals surface area contributed by atoms with Gasteiger partial charge >= 0.3 is 0 Å². The van der Waals surface area contributed by atoms with E-state index in [4.69, 9.17) is 26.8 Å². The summed E-state index contributed by atoms with van der Waals surface area (Å²) >= 11 is 7.59. The van der Waals surface area contributed by atoms with Crippen LogP contribution in [-0.4, -0.2) is 47.4 Å². The predicted octanol–water partition coefficient (Wildman–Crippen LogP) is 5.36. The van der Waals surface area contributed by atoms with E-state index in [-0.39, 0.29) is 12.6 Å². The summed E-state index contributed by atoms with van der Waals surface area (Å²) in [6, 6.07) is 6.32. The van der Waals surface area contributed by atoms with Gasteiger partial charge in [-0.1, -0.05) is 42.6 Å². The van der Waals surface area contributed by atoms with Crippen LogP contribution in [0.15, 0.2) is 36.8 Å². The molecule has 4 rings (SSSR count). The third-order valence-electron chi connectivity index (χ3n) is 5.28. The second kappa shape index (κ2) is 10.3. The maximum absolute atomic E-state index is 13.3. The number of aromatic nitrogens is 4. The summed E-state index contributed by atoms with van der Waals surface area (Å²) in [7, 11) is 0.340. The van der Waals surface area contributed by atoms with Gasteiger partial charge in [-0.15, -0.1) is 0 Å². The predicted molar refractivity (Wildman–Crippen MR) is 143 cm³/mol. The SMILES string of the molecule is COc1ccc(Cl)cc1-c1c(NC(=O)c2cncc3sc(N)nc23)cnn1COCC[Si](C)(C)C. The summed E-state index contributed by atoms with van der Waals surface area (Å²) in [5.41, 5.74) is 8.43. The molecule has 0 atom stereocenters. The average Bonchev–Trinajstić information content (AvgIpc) is 3.37. The van der Waals surface area contributed by atoms with Crippen LogP contribution in [0.5, 0.6) is 5.75 Å². The first-order chi connectivity index (χ1) is 16.7. The highest BCUT2D eigenvalue weighted by molar-refractivity contribution is 7.22. The van der Waals surface area contributed by atoms with E-state index >= 15 is 0 Å². The van der Waals surface area contributed by atoms with Gasteiger partial charge in [-0.05, 0) is 24.2 Å². The molecule has 184 valence electrons. The molecule has 0 radical (unpaired) electrons. The molecule has 3 aromatic heterocycles. The number of thiazole rings is 1. The van der Waals surface area contributed by atoms with Crippen molar-refractivity contribution in [1.29, 1.82) is 0 Å². The molecule has 9 nitrogen and oxygen atoms in total. The Hall–Kier alpha value is -2.99. The number of nitrogens with two attached hydrogens (primary N) is 1. The Kier molecular flexibility index (Phi) is 7.41. The van der Waals surface area contributed by atoms with Gasteiger partial charge in [0, 0.05) is 37.7 Å². The Morgan fingerprint density at radius 3 is 2.80 bits per heavy atom. The van der Waals surface area contributed by atoms with Gasteiger partial charge in [0.1, 0.15) is 12.5 Å².